The van der Waals surface area contributed by atoms with Crippen LogP contribution in [0.3, 0.4) is 0 Å². The van der Waals surface area contributed by atoms with Crippen LogP contribution in [-0.4, -0.2) is 45.2 Å². The minimum atomic E-state index is -3.84. The topological polar surface area (TPSA) is 98.8 Å². The first kappa shape index (κ1) is 20.4. The highest BCUT2D eigenvalue weighted by Gasteiger charge is 2.23. The second-order valence-corrected chi connectivity index (χ2v) is 7.94. The maximum absolute atomic E-state index is 12.6. The molecule has 0 bridgehead atoms. The van der Waals surface area contributed by atoms with Gasteiger partial charge in [-0.05, 0) is 36.4 Å². The largest absolute Gasteiger partial charge is 0.326 e. The molecule has 2 aromatic rings. The van der Waals surface area contributed by atoms with E-state index in [1.54, 1.807) is 7.05 Å². The molecule has 0 heterocycles. The number of nitrogens with zero attached hydrogens (tertiary/aromatic N) is 2. The minimum absolute atomic E-state index is 0.0308. The van der Waals surface area contributed by atoms with Gasteiger partial charge < -0.3 is 5.32 Å². The number of nitrogens with one attached hydrogen (secondary N) is 2. The number of carbonyl (C=O) groups excluding carboxylic acids is 2. The highest BCUT2D eigenvalue weighted by molar-refractivity contribution is 7.89. The summed E-state index contributed by atoms with van der Waals surface area (Å²) in [5.41, 5.74) is 3.88. The lowest BCUT2D eigenvalue weighted by molar-refractivity contribution is -0.121. The lowest BCUT2D eigenvalue weighted by Gasteiger charge is -2.22. The molecule has 0 unspecified atom stereocenters. The fraction of sp³-hybridized carbons (Fsp3) is 0.222. The summed E-state index contributed by atoms with van der Waals surface area (Å²) in [7, 11) is -0.837. The Balaban J connectivity index is 2.01. The predicted molar refractivity (Wildman–Crippen MR) is 104 cm³/mol. The lowest BCUT2D eigenvalue weighted by Crippen LogP contribution is -2.45. The number of hydrazine groups is 1. The zero-order valence-corrected chi connectivity index (χ0v) is 16.2. The van der Waals surface area contributed by atoms with Crippen molar-refractivity contribution in [2.75, 3.05) is 31.0 Å². The first-order valence-corrected chi connectivity index (χ1v) is 9.56. The van der Waals surface area contributed by atoms with E-state index in [4.69, 9.17) is 0 Å². The molecule has 2 rings (SSSR count). The average molecular weight is 390 g/mol. The van der Waals surface area contributed by atoms with Crippen LogP contribution in [0.4, 0.5) is 11.4 Å². The van der Waals surface area contributed by atoms with Crippen LogP contribution in [0.15, 0.2) is 59.5 Å². The molecule has 0 saturated carbocycles. The molecule has 0 saturated heterocycles. The predicted octanol–water partition coefficient (Wildman–Crippen LogP) is 1.43. The Labute approximate surface area is 158 Å². The number of likely N-dealkylation sites (N-methyl/N-ethyl adjacent to an activating group) is 1. The molecule has 0 radical (unpaired) electrons. The van der Waals surface area contributed by atoms with Crippen molar-refractivity contribution in [3.63, 3.8) is 0 Å². The van der Waals surface area contributed by atoms with Crippen molar-refractivity contribution in [1.29, 1.82) is 0 Å². The highest BCUT2D eigenvalue weighted by Crippen LogP contribution is 2.17. The minimum Gasteiger partial charge on any atom is -0.326 e. The molecule has 8 nitrogen and oxygen atoms in total. The van der Waals surface area contributed by atoms with Crippen molar-refractivity contribution in [3.8, 4) is 0 Å². The fourth-order valence-corrected chi connectivity index (χ4v) is 3.45. The van der Waals surface area contributed by atoms with E-state index in [9.17, 15) is 18.0 Å². The first-order valence-electron chi connectivity index (χ1n) is 8.12. The van der Waals surface area contributed by atoms with E-state index in [0.29, 0.717) is 5.69 Å². The summed E-state index contributed by atoms with van der Waals surface area (Å²) < 4.78 is 26.2. The van der Waals surface area contributed by atoms with E-state index >= 15 is 0 Å². The molecule has 0 aliphatic heterocycles. The molecule has 0 atom stereocenters. The van der Waals surface area contributed by atoms with Gasteiger partial charge in [0.15, 0.2) is 0 Å². The molecule has 9 heteroatoms. The SMILES string of the molecule is CC(=O)Nc1ccc(S(=O)(=O)N(C)CC(=O)NN(C)c2ccccc2)cc1. The van der Waals surface area contributed by atoms with Crippen LogP contribution in [0, 0.1) is 0 Å². The number of amides is 2. The first-order chi connectivity index (χ1) is 12.7. The summed E-state index contributed by atoms with van der Waals surface area (Å²) in [5, 5.41) is 4.08. The molecular weight excluding hydrogens is 368 g/mol. The second kappa shape index (κ2) is 8.65. The van der Waals surface area contributed by atoms with Crippen LogP contribution in [0.1, 0.15) is 6.92 Å². The highest BCUT2D eigenvalue weighted by atomic mass is 32.2. The van der Waals surface area contributed by atoms with Gasteiger partial charge in [-0.15, -0.1) is 0 Å². The van der Waals surface area contributed by atoms with Crippen LogP contribution < -0.4 is 15.8 Å². The number of hydrogen-bond acceptors (Lipinski definition) is 5. The summed E-state index contributed by atoms with van der Waals surface area (Å²) in [6, 6.07) is 14.9. The molecule has 2 amide bonds. The van der Waals surface area contributed by atoms with Gasteiger partial charge in [0.2, 0.25) is 15.9 Å². The number of anilines is 2. The van der Waals surface area contributed by atoms with Crippen molar-refractivity contribution in [2.24, 2.45) is 0 Å². The molecule has 27 heavy (non-hydrogen) atoms. The number of para-hydroxylation sites is 1. The van der Waals surface area contributed by atoms with Crippen LogP contribution >= 0.6 is 0 Å². The molecule has 0 aliphatic carbocycles. The van der Waals surface area contributed by atoms with E-state index in [1.165, 1.54) is 43.2 Å². The van der Waals surface area contributed by atoms with Gasteiger partial charge in [0, 0.05) is 26.7 Å². The van der Waals surface area contributed by atoms with Crippen molar-refractivity contribution >= 4 is 33.2 Å². The Kier molecular flexibility index (Phi) is 6.54. The van der Waals surface area contributed by atoms with Crippen LogP contribution in [0.2, 0.25) is 0 Å². The van der Waals surface area contributed by atoms with Gasteiger partial charge in [-0.2, -0.15) is 4.31 Å². The number of carbonyl (C=O) groups is 2. The Morgan fingerprint density at radius 3 is 2.11 bits per heavy atom. The fourth-order valence-electron chi connectivity index (χ4n) is 2.32. The van der Waals surface area contributed by atoms with E-state index < -0.39 is 15.9 Å². The summed E-state index contributed by atoms with van der Waals surface area (Å²) >= 11 is 0. The molecule has 0 aromatic heterocycles. The zero-order chi connectivity index (χ0) is 20.0. The van der Waals surface area contributed by atoms with Crippen molar-refractivity contribution in [3.05, 3.63) is 54.6 Å². The van der Waals surface area contributed by atoms with E-state index in [0.717, 1.165) is 9.99 Å². The number of rotatable bonds is 7. The van der Waals surface area contributed by atoms with Gasteiger partial charge >= 0.3 is 0 Å². The molecule has 144 valence electrons. The van der Waals surface area contributed by atoms with Gasteiger partial charge in [0.25, 0.3) is 5.91 Å². The summed E-state index contributed by atoms with van der Waals surface area (Å²) in [4.78, 5) is 23.2. The molecular formula is C18H22N4O4S. The Hall–Kier alpha value is -2.91. The third-order valence-corrected chi connectivity index (χ3v) is 5.50. The Morgan fingerprint density at radius 1 is 0.963 bits per heavy atom. The van der Waals surface area contributed by atoms with Gasteiger partial charge in [0.05, 0.1) is 17.1 Å². The van der Waals surface area contributed by atoms with Crippen molar-refractivity contribution < 1.29 is 18.0 Å². The monoisotopic (exact) mass is 390 g/mol. The normalized spacial score (nSPS) is 11.1. The van der Waals surface area contributed by atoms with Gasteiger partial charge in [-0.1, -0.05) is 18.2 Å². The average Bonchev–Trinajstić information content (AvgIpc) is 2.62. The zero-order valence-electron chi connectivity index (χ0n) is 15.3. The summed E-state index contributed by atoms with van der Waals surface area (Å²) in [6.45, 7) is 1.02. The number of benzene rings is 2. The van der Waals surface area contributed by atoms with E-state index in [2.05, 4.69) is 10.7 Å². The van der Waals surface area contributed by atoms with Crippen LogP contribution in [0.25, 0.3) is 0 Å². The van der Waals surface area contributed by atoms with Crippen LogP contribution in [0.5, 0.6) is 0 Å². The summed E-state index contributed by atoms with van der Waals surface area (Å²) in [6.07, 6.45) is 0. The second-order valence-electron chi connectivity index (χ2n) is 5.90. The van der Waals surface area contributed by atoms with Gasteiger partial charge in [0.1, 0.15) is 0 Å². The van der Waals surface area contributed by atoms with Crippen molar-refractivity contribution in [2.45, 2.75) is 11.8 Å². The lowest BCUT2D eigenvalue weighted by atomic mass is 10.3. The quantitative estimate of drug-likeness (QED) is 0.697. The molecule has 0 fully saturated rings. The van der Waals surface area contributed by atoms with Gasteiger partial charge in [-0.3, -0.25) is 20.0 Å². The smallest absolute Gasteiger partial charge is 0.253 e. The maximum Gasteiger partial charge on any atom is 0.253 e. The maximum atomic E-state index is 12.6. The molecule has 0 aliphatic rings. The van der Waals surface area contributed by atoms with E-state index in [1.807, 2.05) is 30.3 Å². The number of sulfonamides is 1. The standard InChI is InChI=1S/C18H22N4O4S/c1-14(23)19-15-9-11-17(12-10-15)27(25,26)21(2)13-18(24)20-22(3)16-7-5-4-6-8-16/h4-12H,13H2,1-3H3,(H,19,23)(H,20,24). The third-order valence-electron chi connectivity index (χ3n) is 3.69. The molecule has 0 spiro atoms. The summed E-state index contributed by atoms with van der Waals surface area (Å²) in [5.74, 6) is -0.718. The van der Waals surface area contributed by atoms with E-state index in [-0.39, 0.29) is 17.3 Å². The molecule has 2 N–H and O–H groups in total. The number of hydrogen-bond donors (Lipinski definition) is 2. The van der Waals surface area contributed by atoms with Crippen LogP contribution in [-0.2, 0) is 19.6 Å². The van der Waals surface area contributed by atoms with Crippen molar-refractivity contribution in [1.82, 2.24) is 9.73 Å². The Bertz CT molecular complexity index is 899. The molecule has 2 aromatic carbocycles. The van der Waals surface area contributed by atoms with Gasteiger partial charge in [-0.25, -0.2) is 8.42 Å². The Morgan fingerprint density at radius 2 is 1.56 bits per heavy atom. The third kappa shape index (κ3) is 5.53.